The molecule has 0 aliphatic carbocycles. The Labute approximate surface area is 92.9 Å². The molecule has 1 rings (SSSR count). The molecule has 0 spiro atoms. The summed E-state index contributed by atoms with van der Waals surface area (Å²) in [6, 6.07) is 4.29. The Kier molecular flexibility index (Phi) is 4.07. The van der Waals surface area contributed by atoms with E-state index in [1.165, 1.54) is 12.1 Å². The van der Waals surface area contributed by atoms with Crippen molar-refractivity contribution >= 4 is 21.7 Å². The molecule has 0 saturated heterocycles. The van der Waals surface area contributed by atoms with Crippen LogP contribution in [0.3, 0.4) is 0 Å². The van der Waals surface area contributed by atoms with Crippen LogP contribution >= 0.6 is 11.6 Å². The van der Waals surface area contributed by atoms with Gasteiger partial charge in [-0.1, -0.05) is 17.7 Å². The highest BCUT2D eigenvalue weighted by atomic mass is 35.5. The monoisotopic (exact) mass is 252 g/mol. The first-order valence-corrected chi connectivity index (χ1v) is 6.37. The van der Waals surface area contributed by atoms with Gasteiger partial charge in [-0.15, -0.1) is 0 Å². The first kappa shape index (κ1) is 12.4. The standard InChI is InChI=1S/C9H10ClFO3S/c1-15(12,13)14-6-5-7-8(10)3-2-4-9(7)11/h2-4H,5-6H2,1H3. The average Bonchev–Trinajstić information content (AvgIpc) is 2.08. The van der Waals surface area contributed by atoms with Gasteiger partial charge < -0.3 is 0 Å². The average molecular weight is 253 g/mol. The quantitative estimate of drug-likeness (QED) is 0.770. The van der Waals surface area contributed by atoms with Crippen molar-refractivity contribution in [3.05, 3.63) is 34.6 Å². The minimum atomic E-state index is -3.49. The lowest BCUT2D eigenvalue weighted by Crippen LogP contribution is -2.07. The van der Waals surface area contributed by atoms with E-state index in [4.69, 9.17) is 11.6 Å². The Hall–Kier alpha value is -0.650. The van der Waals surface area contributed by atoms with E-state index in [1.54, 1.807) is 6.07 Å². The van der Waals surface area contributed by atoms with Crippen LogP contribution in [0, 0.1) is 5.82 Å². The van der Waals surface area contributed by atoms with Gasteiger partial charge in [0.2, 0.25) is 0 Å². The summed E-state index contributed by atoms with van der Waals surface area (Å²) in [6.07, 6.45) is 1.06. The maximum absolute atomic E-state index is 13.2. The fraction of sp³-hybridized carbons (Fsp3) is 0.333. The first-order chi connectivity index (χ1) is 6.90. The summed E-state index contributed by atoms with van der Waals surface area (Å²) in [5.74, 6) is -0.459. The number of hydrogen-bond acceptors (Lipinski definition) is 3. The fourth-order valence-electron chi connectivity index (χ4n) is 1.07. The van der Waals surface area contributed by atoms with Crippen LogP contribution in [-0.2, 0) is 20.7 Å². The lowest BCUT2D eigenvalue weighted by Gasteiger charge is -2.05. The molecule has 0 saturated carbocycles. The highest BCUT2D eigenvalue weighted by molar-refractivity contribution is 7.85. The summed E-state index contributed by atoms with van der Waals surface area (Å²) in [4.78, 5) is 0. The summed E-state index contributed by atoms with van der Waals surface area (Å²) in [5.41, 5.74) is 0.266. The molecule has 0 fully saturated rings. The molecule has 0 N–H and O–H groups in total. The second-order valence-electron chi connectivity index (χ2n) is 2.98. The number of benzene rings is 1. The maximum Gasteiger partial charge on any atom is 0.264 e. The van der Waals surface area contributed by atoms with E-state index in [9.17, 15) is 12.8 Å². The second-order valence-corrected chi connectivity index (χ2v) is 5.03. The summed E-state index contributed by atoms with van der Waals surface area (Å²) >= 11 is 5.73. The van der Waals surface area contributed by atoms with E-state index >= 15 is 0 Å². The minimum absolute atomic E-state index is 0.112. The van der Waals surface area contributed by atoms with Crippen LogP contribution < -0.4 is 0 Å². The van der Waals surface area contributed by atoms with E-state index in [0.717, 1.165) is 6.26 Å². The van der Waals surface area contributed by atoms with Gasteiger partial charge in [0.25, 0.3) is 10.1 Å². The predicted molar refractivity (Wildman–Crippen MR) is 55.9 cm³/mol. The van der Waals surface area contributed by atoms with E-state index < -0.39 is 15.9 Å². The van der Waals surface area contributed by atoms with Crippen LogP contribution in [0.4, 0.5) is 4.39 Å². The Balaban J connectivity index is 2.66. The van der Waals surface area contributed by atoms with E-state index in [-0.39, 0.29) is 23.6 Å². The first-order valence-electron chi connectivity index (χ1n) is 4.17. The van der Waals surface area contributed by atoms with Gasteiger partial charge in [-0.25, -0.2) is 4.39 Å². The van der Waals surface area contributed by atoms with Gasteiger partial charge in [0.1, 0.15) is 5.82 Å². The lowest BCUT2D eigenvalue weighted by atomic mass is 10.1. The third kappa shape index (κ3) is 4.15. The van der Waals surface area contributed by atoms with Crippen LogP contribution in [0.5, 0.6) is 0 Å². The van der Waals surface area contributed by atoms with Gasteiger partial charge in [-0.3, -0.25) is 4.18 Å². The van der Waals surface area contributed by atoms with Gasteiger partial charge in [0.15, 0.2) is 0 Å². The third-order valence-corrected chi connectivity index (χ3v) is 2.66. The molecule has 0 bridgehead atoms. The fourth-order valence-corrected chi connectivity index (χ4v) is 1.71. The van der Waals surface area contributed by atoms with Gasteiger partial charge >= 0.3 is 0 Å². The van der Waals surface area contributed by atoms with E-state index in [1.807, 2.05) is 0 Å². The molecule has 0 unspecified atom stereocenters. The molecule has 0 amide bonds. The molecule has 0 aromatic heterocycles. The van der Waals surface area contributed by atoms with Crippen LogP contribution in [0.1, 0.15) is 5.56 Å². The molecular weight excluding hydrogens is 243 g/mol. The molecular formula is C9H10ClFO3S. The number of rotatable bonds is 4. The molecule has 1 aromatic rings. The topological polar surface area (TPSA) is 43.4 Å². The highest BCUT2D eigenvalue weighted by Gasteiger charge is 2.08. The summed E-state index contributed by atoms with van der Waals surface area (Å²) < 4.78 is 39.0. The maximum atomic E-state index is 13.2. The Morgan fingerprint density at radius 1 is 1.47 bits per heavy atom. The normalized spacial score (nSPS) is 11.7. The zero-order valence-corrected chi connectivity index (χ0v) is 9.61. The largest absolute Gasteiger partial charge is 0.270 e. The van der Waals surface area contributed by atoms with Crippen LogP contribution in [0.2, 0.25) is 5.02 Å². The molecule has 0 atom stereocenters. The minimum Gasteiger partial charge on any atom is -0.270 e. The van der Waals surface area contributed by atoms with Crippen LogP contribution in [-0.4, -0.2) is 21.3 Å². The van der Waals surface area contributed by atoms with Crippen molar-refractivity contribution in [1.82, 2.24) is 0 Å². The highest BCUT2D eigenvalue weighted by Crippen LogP contribution is 2.19. The third-order valence-electron chi connectivity index (χ3n) is 1.71. The Morgan fingerprint density at radius 2 is 2.13 bits per heavy atom. The lowest BCUT2D eigenvalue weighted by molar-refractivity contribution is 0.324. The van der Waals surface area contributed by atoms with Gasteiger partial charge in [0.05, 0.1) is 12.9 Å². The van der Waals surface area contributed by atoms with Crippen molar-refractivity contribution in [3.63, 3.8) is 0 Å². The molecule has 84 valence electrons. The van der Waals surface area contributed by atoms with Crippen molar-refractivity contribution in [1.29, 1.82) is 0 Å². The van der Waals surface area contributed by atoms with E-state index in [2.05, 4.69) is 4.18 Å². The smallest absolute Gasteiger partial charge is 0.264 e. The molecule has 3 nitrogen and oxygen atoms in total. The predicted octanol–water partition coefficient (Wildman–Crippen LogP) is 2.00. The zero-order valence-electron chi connectivity index (χ0n) is 8.04. The molecule has 1 aromatic carbocycles. The second kappa shape index (κ2) is 4.92. The summed E-state index contributed by atoms with van der Waals surface area (Å²) in [7, 11) is -3.49. The van der Waals surface area contributed by atoms with Crippen molar-refractivity contribution in [2.75, 3.05) is 12.9 Å². The molecule has 0 radical (unpaired) electrons. The van der Waals surface area contributed by atoms with Gasteiger partial charge in [0, 0.05) is 17.0 Å². The van der Waals surface area contributed by atoms with Crippen molar-refractivity contribution in [3.8, 4) is 0 Å². The van der Waals surface area contributed by atoms with Crippen molar-refractivity contribution < 1.29 is 17.0 Å². The molecule has 0 aliphatic rings. The SMILES string of the molecule is CS(=O)(=O)OCCc1c(F)cccc1Cl. The van der Waals surface area contributed by atoms with Gasteiger partial charge in [-0.05, 0) is 12.1 Å². The number of halogens is 2. The van der Waals surface area contributed by atoms with Crippen LogP contribution in [0.15, 0.2) is 18.2 Å². The van der Waals surface area contributed by atoms with E-state index in [0.29, 0.717) is 0 Å². The van der Waals surface area contributed by atoms with Crippen molar-refractivity contribution in [2.45, 2.75) is 6.42 Å². The molecule has 0 heterocycles. The zero-order chi connectivity index (χ0) is 11.5. The molecule has 6 heteroatoms. The van der Waals surface area contributed by atoms with Crippen LogP contribution in [0.25, 0.3) is 0 Å². The molecule has 0 aliphatic heterocycles. The number of hydrogen-bond donors (Lipinski definition) is 0. The Morgan fingerprint density at radius 3 is 2.67 bits per heavy atom. The summed E-state index contributed by atoms with van der Waals surface area (Å²) in [5, 5.41) is 0.270. The Bertz CT molecular complexity index is 424. The van der Waals surface area contributed by atoms with Crippen molar-refractivity contribution in [2.24, 2.45) is 0 Å². The van der Waals surface area contributed by atoms with Gasteiger partial charge in [-0.2, -0.15) is 8.42 Å². The summed E-state index contributed by atoms with van der Waals surface area (Å²) in [6.45, 7) is -0.112. The molecule has 15 heavy (non-hydrogen) atoms.